The van der Waals surface area contributed by atoms with E-state index < -0.39 is 0 Å². The average molecular weight is 325 g/mol. The Morgan fingerprint density at radius 2 is 1.82 bits per heavy atom. The molecule has 0 atom stereocenters. The summed E-state index contributed by atoms with van der Waals surface area (Å²) >= 11 is 6.16. The van der Waals surface area contributed by atoms with E-state index in [0.29, 0.717) is 24.7 Å². The normalized spacial score (nSPS) is 11.2. The second-order valence-electron chi connectivity index (χ2n) is 6.68. The highest BCUT2D eigenvalue weighted by atomic mass is 35.5. The van der Waals surface area contributed by atoms with Crippen molar-refractivity contribution >= 4 is 17.4 Å². The number of ether oxygens (including phenoxy) is 1. The zero-order chi connectivity index (χ0) is 16.5. The first-order valence-corrected chi connectivity index (χ1v) is 8.71. The molecule has 0 fully saturated rings. The van der Waals surface area contributed by atoms with Crippen LogP contribution in [-0.2, 0) is 11.2 Å². The molecule has 2 nitrogen and oxygen atoms in total. The van der Waals surface area contributed by atoms with E-state index in [1.807, 2.05) is 26.0 Å². The SMILES string of the molecule is CC(C)COc1cc(Cl)cc(CCCCCC(=O)C(C)C)c1. The Labute approximate surface area is 140 Å². The molecule has 1 aromatic carbocycles. The van der Waals surface area contributed by atoms with Gasteiger partial charge in [0.25, 0.3) is 0 Å². The smallest absolute Gasteiger partial charge is 0.135 e. The number of ketones is 1. The van der Waals surface area contributed by atoms with Crippen molar-refractivity contribution in [2.75, 3.05) is 6.61 Å². The number of benzene rings is 1. The van der Waals surface area contributed by atoms with Crippen molar-refractivity contribution in [2.45, 2.75) is 59.8 Å². The molecule has 0 aliphatic rings. The van der Waals surface area contributed by atoms with Gasteiger partial charge in [-0.15, -0.1) is 0 Å². The molecule has 0 heterocycles. The molecule has 0 spiro atoms. The van der Waals surface area contributed by atoms with Crippen LogP contribution in [0, 0.1) is 11.8 Å². The molecule has 0 aliphatic heterocycles. The molecule has 0 unspecified atom stereocenters. The zero-order valence-electron chi connectivity index (χ0n) is 14.3. The van der Waals surface area contributed by atoms with Crippen LogP contribution in [0.2, 0.25) is 5.02 Å². The molecule has 0 aromatic heterocycles. The third kappa shape index (κ3) is 7.84. The minimum atomic E-state index is 0.161. The van der Waals surface area contributed by atoms with E-state index in [0.717, 1.165) is 36.5 Å². The summed E-state index contributed by atoms with van der Waals surface area (Å²) in [5, 5.41) is 0.728. The highest BCUT2D eigenvalue weighted by Gasteiger charge is 2.06. The Kier molecular flexibility index (Phi) is 8.55. The number of Topliss-reactive ketones (excluding diaryl/α,β-unsaturated/α-hetero) is 1. The lowest BCUT2D eigenvalue weighted by molar-refractivity contribution is -0.122. The van der Waals surface area contributed by atoms with Crippen molar-refractivity contribution in [3.63, 3.8) is 0 Å². The van der Waals surface area contributed by atoms with Crippen LogP contribution in [0.25, 0.3) is 0 Å². The molecular weight excluding hydrogens is 296 g/mol. The summed E-state index contributed by atoms with van der Waals surface area (Å²) in [6.07, 6.45) is 4.82. The molecule has 3 heteroatoms. The molecule has 0 N–H and O–H groups in total. The first-order valence-electron chi connectivity index (χ1n) is 8.33. The van der Waals surface area contributed by atoms with Crippen molar-refractivity contribution in [3.8, 4) is 5.75 Å². The molecule has 1 rings (SSSR count). The van der Waals surface area contributed by atoms with Gasteiger partial charge in [0.15, 0.2) is 0 Å². The predicted molar refractivity (Wildman–Crippen MR) is 93.8 cm³/mol. The van der Waals surface area contributed by atoms with E-state index in [1.54, 1.807) is 0 Å². The fourth-order valence-electron chi connectivity index (χ4n) is 2.21. The van der Waals surface area contributed by atoms with Gasteiger partial charge in [0, 0.05) is 17.4 Å². The van der Waals surface area contributed by atoms with Crippen molar-refractivity contribution in [1.82, 2.24) is 0 Å². The van der Waals surface area contributed by atoms with Gasteiger partial charge >= 0.3 is 0 Å². The molecule has 0 saturated heterocycles. The molecule has 0 aliphatic carbocycles. The lowest BCUT2D eigenvalue weighted by Gasteiger charge is -2.11. The maximum absolute atomic E-state index is 11.6. The van der Waals surface area contributed by atoms with Gasteiger partial charge in [0.2, 0.25) is 0 Å². The number of rotatable bonds is 10. The van der Waals surface area contributed by atoms with Gasteiger partial charge in [-0.3, -0.25) is 4.79 Å². The largest absolute Gasteiger partial charge is 0.493 e. The van der Waals surface area contributed by atoms with Gasteiger partial charge in [-0.05, 0) is 48.9 Å². The standard InChI is InChI=1S/C19H29ClO2/c1-14(2)13-22-18-11-16(10-17(20)12-18)8-6-5-7-9-19(21)15(3)4/h10-12,14-15H,5-9,13H2,1-4H3. The Hall–Kier alpha value is -1.02. The van der Waals surface area contributed by atoms with Crippen molar-refractivity contribution in [1.29, 1.82) is 0 Å². The summed E-state index contributed by atoms with van der Waals surface area (Å²) in [5.41, 5.74) is 1.21. The van der Waals surface area contributed by atoms with Gasteiger partial charge in [0.05, 0.1) is 6.61 Å². The van der Waals surface area contributed by atoms with Gasteiger partial charge in [0.1, 0.15) is 11.5 Å². The Bertz CT molecular complexity index is 467. The lowest BCUT2D eigenvalue weighted by atomic mass is 10.0. The van der Waals surface area contributed by atoms with Crippen molar-refractivity contribution < 1.29 is 9.53 Å². The van der Waals surface area contributed by atoms with Gasteiger partial charge in [-0.25, -0.2) is 0 Å². The second-order valence-corrected chi connectivity index (χ2v) is 7.12. The third-order valence-electron chi connectivity index (χ3n) is 3.55. The van der Waals surface area contributed by atoms with Crippen molar-refractivity contribution in [3.05, 3.63) is 28.8 Å². The summed E-state index contributed by atoms with van der Waals surface area (Å²) in [4.78, 5) is 11.6. The number of unbranched alkanes of at least 4 members (excludes halogenated alkanes) is 2. The van der Waals surface area contributed by atoms with E-state index >= 15 is 0 Å². The fraction of sp³-hybridized carbons (Fsp3) is 0.632. The van der Waals surface area contributed by atoms with E-state index in [9.17, 15) is 4.79 Å². The van der Waals surface area contributed by atoms with Crippen LogP contribution in [0.4, 0.5) is 0 Å². The third-order valence-corrected chi connectivity index (χ3v) is 3.77. The molecular formula is C19H29ClO2. The molecule has 0 bridgehead atoms. The Balaban J connectivity index is 2.37. The molecule has 0 amide bonds. The topological polar surface area (TPSA) is 26.3 Å². The summed E-state index contributed by atoms with van der Waals surface area (Å²) in [6, 6.07) is 5.95. The second kappa shape index (κ2) is 9.89. The molecule has 22 heavy (non-hydrogen) atoms. The van der Waals surface area contributed by atoms with E-state index in [4.69, 9.17) is 16.3 Å². The minimum Gasteiger partial charge on any atom is -0.493 e. The van der Waals surface area contributed by atoms with Crippen LogP contribution in [0.5, 0.6) is 5.75 Å². The molecule has 1 aromatic rings. The molecule has 0 radical (unpaired) electrons. The summed E-state index contributed by atoms with van der Waals surface area (Å²) in [5.74, 6) is 1.88. The van der Waals surface area contributed by atoms with Crippen molar-refractivity contribution in [2.24, 2.45) is 11.8 Å². The Morgan fingerprint density at radius 3 is 2.45 bits per heavy atom. The zero-order valence-corrected chi connectivity index (χ0v) is 15.1. The van der Waals surface area contributed by atoms with Crippen LogP contribution < -0.4 is 4.74 Å². The highest BCUT2D eigenvalue weighted by molar-refractivity contribution is 6.30. The van der Waals surface area contributed by atoms with E-state index in [-0.39, 0.29) is 5.92 Å². The number of carbonyl (C=O) groups is 1. The van der Waals surface area contributed by atoms with Crippen LogP contribution in [0.15, 0.2) is 18.2 Å². The number of hydrogen-bond donors (Lipinski definition) is 0. The predicted octanol–water partition coefficient (Wildman–Crippen LogP) is 5.70. The summed E-state index contributed by atoms with van der Waals surface area (Å²) < 4.78 is 5.75. The number of carbonyl (C=O) groups excluding carboxylic acids is 1. The monoisotopic (exact) mass is 324 g/mol. The summed E-state index contributed by atoms with van der Waals surface area (Å²) in [7, 11) is 0. The molecule has 0 saturated carbocycles. The van der Waals surface area contributed by atoms with Crippen LogP contribution in [0.1, 0.15) is 58.9 Å². The van der Waals surface area contributed by atoms with Crippen LogP contribution in [0.3, 0.4) is 0 Å². The Morgan fingerprint density at radius 1 is 1.09 bits per heavy atom. The minimum absolute atomic E-state index is 0.161. The fourth-order valence-corrected chi connectivity index (χ4v) is 2.45. The number of hydrogen-bond acceptors (Lipinski definition) is 2. The first kappa shape index (κ1) is 19.0. The maximum Gasteiger partial charge on any atom is 0.135 e. The maximum atomic E-state index is 11.6. The van der Waals surface area contributed by atoms with E-state index in [2.05, 4.69) is 19.9 Å². The highest BCUT2D eigenvalue weighted by Crippen LogP contribution is 2.23. The van der Waals surface area contributed by atoms with Gasteiger partial charge in [-0.2, -0.15) is 0 Å². The number of aryl methyl sites for hydroxylation is 1. The first-order chi connectivity index (χ1) is 10.4. The molecule has 124 valence electrons. The average Bonchev–Trinajstić information content (AvgIpc) is 2.44. The van der Waals surface area contributed by atoms with Gasteiger partial charge < -0.3 is 4.74 Å². The van der Waals surface area contributed by atoms with Crippen LogP contribution >= 0.6 is 11.6 Å². The summed E-state index contributed by atoms with van der Waals surface area (Å²) in [6.45, 7) is 8.89. The van der Waals surface area contributed by atoms with E-state index in [1.165, 1.54) is 5.56 Å². The lowest BCUT2D eigenvalue weighted by Crippen LogP contribution is -2.06. The quantitative estimate of drug-likeness (QED) is 0.516. The number of halogens is 1. The van der Waals surface area contributed by atoms with Crippen LogP contribution in [-0.4, -0.2) is 12.4 Å². The van der Waals surface area contributed by atoms with Gasteiger partial charge in [-0.1, -0.05) is 45.7 Å².